The molecule has 4 aromatic rings. The van der Waals surface area contributed by atoms with Crippen molar-refractivity contribution in [1.29, 1.82) is 0 Å². The van der Waals surface area contributed by atoms with Gasteiger partial charge in [-0.05, 0) is 22.8 Å². The van der Waals surface area contributed by atoms with Crippen LogP contribution in [0, 0.1) is 0 Å². The smallest absolute Gasteiger partial charge is 0.107 e. The molecule has 5 rings (SSSR count). The Labute approximate surface area is 181 Å². The summed E-state index contributed by atoms with van der Waals surface area (Å²) in [5.74, 6) is 0. The number of rotatable bonds is 7. The summed E-state index contributed by atoms with van der Waals surface area (Å²) < 4.78 is 12.7. The summed E-state index contributed by atoms with van der Waals surface area (Å²) >= 11 is 0. The second-order valence-corrected chi connectivity index (χ2v) is 7.95. The third-order valence-electron chi connectivity index (χ3n) is 5.90. The number of hydrogen-bond acceptors (Lipinski definition) is 4. The number of fused-ring (bicyclic) bond motifs is 1. The minimum atomic E-state index is -0.319. The fourth-order valence-electron chi connectivity index (χ4n) is 4.34. The van der Waals surface area contributed by atoms with Gasteiger partial charge in [0.05, 0.1) is 25.8 Å². The lowest BCUT2D eigenvalue weighted by Gasteiger charge is -2.26. The maximum atomic E-state index is 10.9. The zero-order chi connectivity index (χ0) is 21.0. The van der Waals surface area contributed by atoms with E-state index >= 15 is 0 Å². The first kappa shape index (κ1) is 20.0. The topological polar surface area (TPSA) is 57.7 Å². The van der Waals surface area contributed by atoms with Gasteiger partial charge in [-0.15, -0.1) is 0 Å². The van der Waals surface area contributed by atoms with Crippen molar-refractivity contribution in [2.24, 2.45) is 0 Å². The van der Waals surface area contributed by atoms with Crippen LogP contribution in [-0.4, -0.2) is 34.0 Å². The molecule has 5 heteroatoms. The number of hydroxylamine groups is 2. The quantitative estimate of drug-likeness (QED) is 0.443. The summed E-state index contributed by atoms with van der Waals surface area (Å²) in [5, 5.41) is 13.4. The second-order valence-electron chi connectivity index (χ2n) is 7.95. The average Bonchev–Trinajstić information content (AvgIpc) is 3.37. The lowest BCUT2D eigenvalue weighted by molar-refractivity contribution is -0.126. The molecule has 5 nitrogen and oxygen atoms in total. The summed E-state index contributed by atoms with van der Waals surface area (Å²) in [6.07, 6.45) is 1.40. The number of benzene rings is 3. The normalized spacial score (nSPS) is 21.6. The highest BCUT2D eigenvalue weighted by molar-refractivity contribution is 5.83. The average molecular weight is 415 g/mol. The Kier molecular flexibility index (Phi) is 5.82. The lowest BCUT2D eigenvalue weighted by Crippen LogP contribution is -2.32. The first-order valence-corrected chi connectivity index (χ1v) is 10.6. The molecule has 3 aromatic carbocycles. The van der Waals surface area contributed by atoms with Gasteiger partial charge in [-0.1, -0.05) is 78.9 Å². The summed E-state index contributed by atoms with van der Waals surface area (Å²) in [6.45, 7) is 1.32. The van der Waals surface area contributed by atoms with Crippen LogP contribution in [0.5, 0.6) is 0 Å². The molecule has 0 radical (unpaired) electrons. The van der Waals surface area contributed by atoms with Crippen LogP contribution in [0.4, 0.5) is 0 Å². The molecule has 0 aliphatic carbocycles. The number of nitrogens with zero attached hydrogens (tertiary/aromatic N) is 1. The van der Waals surface area contributed by atoms with Gasteiger partial charge in [-0.2, -0.15) is 5.06 Å². The largest absolute Gasteiger partial charge is 0.369 e. The van der Waals surface area contributed by atoms with Crippen molar-refractivity contribution in [3.63, 3.8) is 0 Å². The standard InChI is InChI=1S/C26H26N2O3/c29-28-16-24(30-17-19-9-3-1-4-10-19)26(31-18-20-11-5-2-6-12-20)25(28)22-15-27-23-14-8-7-13-21(22)23/h1-15,24-27,29H,16-18H2/t24-,25-,26+/m0/s1. The summed E-state index contributed by atoms with van der Waals surface area (Å²) in [5.41, 5.74) is 4.26. The van der Waals surface area contributed by atoms with Gasteiger partial charge in [0.1, 0.15) is 12.2 Å². The molecule has 2 heterocycles. The van der Waals surface area contributed by atoms with Crippen molar-refractivity contribution in [1.82, 2.24) is 10.0 Å². The molecule has 158 valence electrons. The van der Waals surface area contributed by atoms with Crippen LogP contribution in [0.25, 0.3) is 10.9 Å². The van der Waals surface area contributed by atoms with Gasteiger partial charge in [0.2, 0.25) is 0 Å². The highest BCUT2D eigenvalue weighted by atomic mass is 16.6. The first-order valence-electron chi connectivity index (χ1n) is 10.6. The maximum Gasteiger partial charge on any atom is 0.107 e. The van der Waals surface area contributed by atoms with E-state index in [2.05, 4.69) is 11.1 Å². The monoisotopic (exact) mass is 414 g/mol. The Morgan fingerprint density at radius 3 is 2.13 bits per heavy atom. The SMILES string of the molecule is ON1C[C@H](OCc2ccccc2)[C@@H](OCc2ccccc2)[C@@H]1c1c[nH]c2ccccc12. The van der Waals surface area contributed by atoms with Crippen molar-refractivity contribution in [2.45, 2.75) is 31.5 Å². The van der Waals surface area contributed by atoms with Gasteiger partial charge in [0.25, 0.3) is 0 Å². The number of hydrogen-bond donors (Lipinski definition) is 2. The van der Waals surface area contributed by atoms with Crippen LogP contribution in [0.1, 0.15) is 22.7 Å². The summed E-state index contributed by atoms with van der Waals surface area (Å²) in [7, 11) is 0. The maximum absolute atomic E-state index is 10.9. The zero-order valence-corrected chi connectivity index (χ0v) is 17.2. The molecule has 2 N–H and O–H groups in total. The van der Waals surface area contributed by atoms with E-state index < -0.39 is 0 Å². The molecule has 1 fully saturated rings. The van der Waals surface area contributed by atoms with E-state index in [1.54, 1.807) is 0 Å². The number of ether oxygens (including phenoxy) is 2. The molecule has 1 saturated heterocycles. The Morgan fingerprint density at radius 2 is 1.42 bits per heavy atom. The number of aromatic amines is 1. The van der Waals surface area contributed by atoms with Crippen LogP contribution in [-0.2, 0) is 22.7 Å². The Balaban J connectivity index is 1.41. The fraction of sp³-hybridized carbons (Fsp3) is 0.231. The van der Waals surface area contributed by atoms with Crippen LogP contribution in [0.2, 0.25) is 0 Å². The molecule has 1 aromatic heterocycles. The lowest BCUT2D eigenvalue weighted by atomic mass is 10.0. The molecule has 0 spiro atoms. The highest BCUT2D eigenvalue weighted by Gasteiger charge is 2.45. The van der Waals surface area contributed by atoms with Crippen LogP contribution in [0.15, 0.2) is 91.1 Å². The second kappa shape index (κ2) is 9.04. The van der Waals surface area contributed by atoms with Crippen molar-refractivity contribution in [3.8, 4) is 0 Å². The summed E-state index contributed by atoms with van der Waals surface area (Å²) in [4.78, 5) is 3.32. The van der Waals surface area contributed by atoms with Crippen molar-refractivity contribution in [2.75, 3.05) is 6.54 Å². The van der Waals surface area contributed by atoms with Crippen LogP contribution >= 0.6 is 0 Å². The minimum absolute atomic E-state index is 0.257. The van der Waals surface area contributed by atoms with Crippen molar-refractivity contribution >= 4 is 10.9 Å². The highest BCUT2D eigenvalue weighted by Crippen LogP contribution is 2.38. The molecular weight excluding hydrogens is 388 g/mol. The number of aromatic nitrogens is 1. The van der Waals surface area contributed by atoms with E-state index in [1.807, 2.05) is 85.1 Å². The Bertz CT molecular complexity index is 1110. The molecule has 0 unspecified atom stereocenters. The van der Waals surface area contributed by atoms with Gasteiger partial charge in [-0.25, -0.2) is 0 Å². The van der Waals surface area contributed by atoms with E-state index in [4.69, 9.17) is 9.47 Å². The summed E-state index contributed by atoms with van der Waals surface area (Å²) in [6, 6.07) is 28.0. The van der Waals surface area contributed by atoms with Crippen molar-refractivity contribution in [3.05, 3.63) is 108 Å². The molecule has 1 aliphatic heterocycles. The Hall–Kier alpha value is -2.96. The van der Waals surface area contributed by atoms with Gasteiger partial charge in [0.15, 0.2) is 0 Å². The predicted octanol–water partition coefficient (Wildman–Crippen LogP) is 5.08. The van der Waals surface area contributed by atoms with E-state index in [-0.39, 0.29) is 18.2 Å². The third kappa shape index (κ3) is 4.27. The molecule has 3 atom stereocenters. The van der Waals surface area contributed by atoms with E-state index in [0.29, 0.717) is 19.8 Å². The molecule has 1 aliphatic rings. The fourth-order valence-corrected chi connectivity index (χ4v) is 4.34. The van der Waals surface area contributed by atoms with Crippen molar-refractivity contribution < 1.29 is 14.7 Å². The van der Waals surface area contributed by atoms with Crippen LogP contribution in [0.3, 0.4) is 0 Å². The number of H-pyrrole nitrogens is 1. The molecule has 31 heavy (non-hydrogen) atoms. The van der Waals surface area contributed by atoms with Gasteiger partial charge in [-0.3, -0.25) is 0 Å². The van der Waals surface area contributed by atoms with E-state index in [1.165, 1.54) is 5.06 Å². The molecule has 0 saturated carbocycles. The van der Waals surface area contributed by atoms with Gasteiger partial charge >= 0.3 is 0 Å². The Morgan fingerprint density at radius 1 is 0.806 bits per heavy atom. The van der Waals surface area contributed by atoms with Gasteiger partial charge in [0, 0.05) is 17.1 Å². The van der Waals surface area contributed by atoms with E-state index in [0.717, 1.165) is 27.6 Å². The molecular formula is C26H26N2O3. The molecule has 0 amide bonds. The number of nitrogens with one attached hydrogen (secondary N) is 1. The first-order chi connectivity index (χ1) is 15.3. The minimum Gasteiger partial charge on any atom is -0.369 e. The third-order valence-corrected chi connectivity index (χ3v) is 5.90. The van der Waals surface area contributed by atoms with Gasteiger partial charge < -0.3 is 19.7 Å². The van der Waals surface area contributed by atoms with Crippen LogP contribution < -0.4 is 0 Å². The molecule has 0 bridgehead atoms. The zero-order valence-electron chi connectivity index (χ0n) is 17.2. The van der Waals surface area contributed by atoms with E-state index in [9.17, 15) is 5.21 Å². The number of para-hydroxylation sites is 1. The predicted molar refractivity (Wildman–Crippen MR) is 120 cm³/mol.